The van der Waals surface area contributed by atoms with E-state index in [2.05, 4.69) is 26.0 Å². The van der Waals surface area contributed by atoms with Gasteiger partial charge in [0.25, 0.3) is 5.56 Å². The number of hydrogen-bond donors (Lipinski definition) is 3. The minimum absolute atomic E-state index is 0.0962. The summed E-state index contributed by atoms with van der Waals surface area (Å²) >= 11 is 3.06. The summed E-state index contributed by atoms with van der Waals surface area (Å²) in [5, 5.41) is 13.3. The molecule has 0 bridgehead atoms. The topological polar surface area (TPSA) is 158 Å². The summed E-state index contributed by atoms with van der Waals surface area (Å²) in [4.78, 5) is 40.7. The number of aliphatic hydroxyl groups is 1. The fourth-order valence-electron chi connectivity index (χ4n) is 4.83. The van der Waals surface area contributed by atoms with E-state index in [0.29, 0.717) is 12.8 Å². The van der Waals surface area contributed by atoms with Crippen LogP contribution in [0.1, 0.15) is 49.5 Å². The molecule has 42 heavy (non-hydrogen) atoms. The third-order valence-corrected chi connectivity index (χ3v) is 8.86. The standard InChI is InChI=1S/C25H28BrF3N3O9P/c1-38-22(35)24(9-2-3-10-24)31-42(37,41-17-6-4-16(5-7-17)25(27,28)29)39-14-19-18(33)12-20(40-19)32-13-15(8-11-26)21(34)30-23(32)36/h4-8,11,13,18-20,33H,2-3,9-10,12,14H2,1H3,(H,31,37)(H,30,34,36)/b11-8+/t18-,19?,20-,42?/m1/s1. The van der Waals surface area contributed by atoms with Crippen molar-refractivity contribution >= 4 is 35.7 Å². The van der Waals surface area contributed by atoms with E-state index >= 15 is 0 Å². The van der Waals surface area contributed by atoms with Crippen LogP contribution >= 0.6 is 23.7 Å². The predicted octanol–water partition coefficient (Wildman–Crippen LogP) is 3.85. The third-order valence-electron chi connectivity index (χ3n) is 6.95. The van der Waals surface area contributed by atoms with Gasteiger partial charge in [-0.2, -0.15) is 18.3 Å². The number of carbonyl (C=O) groups excluding carboxylic acids is 1. The van der Waals surface area contributed by atoms with E-state index in [1.807, 2.05) is 0 Å². The zero-order valence-electron chi connectivity index (χ0n) is 22.1. The molecule has 2 aromatic rings. The van der Waals surface area contributed by atoms with E-state index in [0.717, 1.165) is 35.9 Å². The molecule has 1 aromatic heterocycles. The van der Waals surface area contributed by atoms with Crippen molar-refractivity contribution in [1.29, 1.82) is 0 Å². The average Bonchev–Trinajstić information content (AvgIpc) is 3.55. The highest BCUT2D eigenvalue weighted by atomic mass is 79.9. The van der Waals surface area contributed by atoms with Gasteiger partial charge in [-0.3, -0.25) is 23.7 Å². The molecular formula is C25H28BrF3N3O9P. The first-order chi connectivity index (χ1) is 19.8. The molecule has 2 aliphatic rings. The van der Waals surface area contributed by atoms with E-state index in [9.17, 15) is 37.2 Å². The fraction of sp³-hybridized carbons (Fsp3) is 0.480. The first kappa shape index (κ1) is 32.2. The number of alkyl halides is 3. The van der Waals surface area contributed by atoms with Crippen LogP contribution in [0.3, 0.4) is 0 Å². The van der Waals surface area contributed by atoms with Gasteiger partial charge in [-0.1, -0.05) is 28.8 Å². The number of nitrogens with one attached hydrogen (secondary N) is 2. The van der Waals surface area contributed by atoms with E-state index < -0.39 is 67.3 Å². The molecule has 2 unspecified atom stereocenters. The molecule has 230 valence electrons. The van der Waals surface area contributed by atoms with Gasteiger partial charge in [-0.05, 0) is 48.2 Å². The lowest BCUT2D eigenvalue weighted by Crippen LogP contribution is -2.50. The van der Waals surface area contributed by atoms with Crippen molar-refractivity contribution in [2.75, 3.05) is 13.7 Å². The van der Waals surface area contributed by atoms with Gasteiger partial charge >= 0.3 is 25.6 Å². The number of ether oxygens (including phenoxy) is 2. The van der Waals surface area contributed by atoms with E-state index in [-0.39, 0.29) is 30.6 Å². The molecule has 2 heterocycles. The number of nitrogens with zero attached hydrogens (tertiary/aromatic N) is 1. The van der Waals surface area contributed by atoms with Gasteiger partial charge in [-0.25, -0.2) is 9.36 Å². The van der Waals surface area contributed by atoms with Gasteiger partial charge < -0.3 is 19.1 Å². The number of benzene rings is 1. The maximum absolute atomic E-state index is 14.0. The number of methoxy groups -OCH3 is 1. The molecule has 0 radical (unpaired) electrons. The highest BCUT2D eigenvalue weighted by Crippen LogP contribution is 2.50. The lowest BCUT2D eigenvalue weighted by Gasteiger charge is -2.32. The van der Waals surface area contributed by atoms with Gasteiger partial charge in [0.2, 0.25) is 0 Å². The molecule has 1 saturated heterocycles. The van der Waals surface area contributed by atoms with Crippen molar-refractivity contribution in [2.24, 2.45) is 0 Å². The molecule has 1 aromatic carbocycles. The normalized spacial score (nSPS) is 23.6. The molecule has 4 rings (SSSR count). The summed E-state index contributed by atoms with van der Waals surface area (Å²) in [5.41, 5.74) is -3.70. The Kier molecular flexibility index (Phi) is 9.85. The molecule has 3 N–H and O–H groups in total. The van der Waals surface area contributed by atoms with Crippen molar-refractivity contribution < 1.29 is 46.2 Å². The van der Waals surface area contributed by atoms with Crippen molar-refractivity contribution in [3.8, 4) is 5.75 Å². The number of H-pyrrole nitrogens is 1. The van der Waals surface area contributed by atoms with E-state index in [4.69, 9.17) is 18.5 Å². The van der Waals surface area contributed by atoms with Crippen molar-refractivity contribution in [3.05, 3.63) is 67.4 Å². The number of aromatic amines is 1. The molecule has 17 heteroatoms. The molecular weight excluding hydrogens is 654 g/mol. The quantitative estimate of drug-likeness (QED) is 0.248. The Morgan fingerprint density at radius 2 is 1.95 bits per heavy atom. The number of halogens is 4. The Morgan fingerprint density at radius 1 is 1.29 bits per heavy atom. The number of aromatic nitrogens is 2. The van der Waals surface area contributed by atoms with Crippen LogP contribution in [0.2, 0.25) is 0 Å². The Labute approximate surface area is 245 Å². The lowest BCUT2D eigenvalue weighted by atomic mass is 10.00. The number of hydrogen-bond acceptors (Lipinski definition) is 9. The lowest BCUT2D eigenvalue weighted by molar-refractivity contribution is -0.147. The zero-order valence-corrected chi connectivity index (χ0v) is 24.6. The van der Waals surface area contributed by atoms with Crippen LogP contribution in [0, 0.1) is 0 Å². The number of carbonyl (C=O) groups is 1. The summed E-state index contributed by atoms with van der Waals surface area (Å²) in [5.74, 6) is -0.961. The second-order valence-electron chi connectivity index (χ2n) is 9.78. The maximum Gasteiger partial charge on any atom is 0.459 e. The Morgan fingerprint density at radius 3 is 2.55 bits per heavy atom. The first-order valence-electron chi connectivity index (χ1n) is 12.7. The van der Waals surface area contributed by atoms with Gasteiger partial charge in [-0.15, -0.1) is 0 Å². The first-order valence-corrected chi connectivity index (χ1v) is 15.2. The molecule has 1 aliphatic heterocycles. The second kappa shape index (κ2) is 12.9. The Hall–Kier alpha value is -2.75. The monoisotopic (exact) mass is 681 g/mol. The average molecular weight is 682 g/mol. The van der Waals surface area contributed by atoms with Crippen LogP contribution in [0.4, 0.5) is 13.2 Å². The predicted molar refractivity (Wildman–Crippen MR) is 146 cm³/mol. The minimum Gasteiger partial charge on any atom is -0.468 e. The summed E-state index contributed by atoms with van der Waals surface area (Å²) in [6, 6.07) is 3.39. The largest absolute Gasteiger partial charge is 0.468 e. The van der Waals surface area contributed by atoms with Gasteiger partial charge in [0, 0.05) is 12.6 Å². The highest BCUT2D eigenvalue weighted by molar-refractivity contribution is 9.11. The third kappa shape index (κ3) is 7.24. The number of rotatable bonds is 10. The van der Waals surface area contributed by atoms with Gasteiger partial charge in [0.05, 0.1) is 30.9 Å². The van der Waals surface area contributed by atoms with Crippen LogP contribution in [-0.4, -0.2) is 52.1 Å². The number of esters is 1. The van der Waals surface area contributed by atoms with Crippen LogP contribution in [0.15, 0.2) is 45.0 Å². The molecule has 0 amide bonds. The molecule has 1 aliphatic carbocycles. The molecule has 12 nitrogen and oxygen atoms in total. The maximum atomic E-state index is 14.0. The Balaban J connectivity index is 1.56. The molecule has 0 spiro atoms. The molecule has 2 fully saturated rings. The second-order valence-corrected chi connectivity index (χ2v) is 12.0. The van der Waals surface area contributed by atoms with E-state index in [1.165, 1.54) is 17.3 Å². The summed E-state index contributed by atoms with van der Waals surface area (Å²) in [6.07, 6.45) is -3.80. The summed E-state index contributed by atoms with van der Waals surface area (Å²) in [7, 11) is -3.38. The molecule has 1 saturated carbocycles. The fourth-order valence-corrected chi connectivity index (χ4v) is 6.86. The van der Waals surface area contributed by atoms with Crippen molar-refractivity contribution in [2.45, 2.75) is 62.3 Å². The molecule has 4 atom stereocenters. The SMILES string of the molecule is COC(=O)C1(NP(=O)(OCC2O[C@@H](n3cc(/C=C/Br)c(=O)[nH]c3=O)C[C@H]2O)Oc2ccc(C(F)(F)F)cc2)CCCC1. The smallest absolute Gasteiger partial charge is 0.459 e. The van der Waals surface area contributed by atoms with Crippen LogP contribution in [0.5, 0.6) is 5.75 Å². The van der Waals surface area contributed by atoms with E-state index in [1.54, 1.807) is 0 Å². The van der Waals surface area contributed by atoms with Crippen molar-refractivity contribution in [3.63, 3.8) is 0 Å². The van der Waals surface area contributed by atoms with Gasteiger partial charge in [0.1, 0.15) is 23.6 Å². The minimum atomic E-state index is -4.61. The zero-order chi connectivity index (χ0) is 30.7. The number of aliphatic hydroxyl groups excluding tert-OH is 1. The van der Waals surface area contributed by atoms with Crippen LogP contribution in [-0.2, 0) is 29.5 Å². The summed E-state index contributed by atoms with van der Waals surface area (Å²) in [6.45, 7) is -0.563. The van der Waals surface area contributed by atoms with Crippen LogP contribution < -0.4 is 20.9 Å². The van der Waals surface area contributed by atoms with Crippen molar-refractivity contribution in [1.82, 2.24) is 14.6 Å². The highest BCUT2D eigenvalue weighted by Gasteiger charge is 2.49. The summed E-state index contributed by atoms with van der Waals surface area (Å²) < 4.78 is 76.0. The Bertz CT molecular complexity index is 1470. The van der Waals surface area contributed by atoms with Crippen LogP contribution in [0.25, 0.3) is 6.08 Å². The van der Waals surface area contributed by atoms with Gasteiger partial charge in [0.15, 0.2) is 0 Å².